The number of carbonyl (C=O) groups is 2. The number of rotatable bonds is 7. The van der Waals surface area contributed by atoms with Crippen molar-refractivity contribution in [3.8, 4) is 0 Å². The van der Waals surface area contributed by atoms with Crippen LogP contribution >= 0.6 is 0 Å². The third-order valence-electron chi connectivity index (χ3n) is 2.73. The number of nitrogens with two attached hydrogens (primary N) is 1. The molecular formula is C12H21N3O3. The standard InChI is InChI=1S/C12H21N3O3/c1-18-7-6-14-11(16)4-5-15-12(17)9-2-3-10(13)8-9/h2-3,9-10H,4-8,13H2,1H3,(H,14,16)(H,15,17). The van der Waals surface area contributed by atoms with Crippen LogP contribution in [0.1, 0.15) is 12.8 Å². The molecule has 6 nitrogen and oxygen atoms in total. The molecule has 0 aromatic rings. The molecule has 6 heteroatoms. The van der Waals surface area contributed by atoms with Crippen LogP contribution in [0.25, 0.3) is 0 Å². The summed E-state index contributed by atoms with van der Waals surface area (Å²) in [7, 11) is 1.58. The van der Waals surface area contributed by atoms with Gasteiger partial charge in [-0.3, -0.25) is 9.59 Å². The number of ether oxygens (including phenoxy) is 1. The molecule has 0 aliphatic heterocycles. The van der Waals surface area contributed by atoms with Gasteiger partial charge < -0.3 is 21.1 Å². The van der Waals surface area contributed by atoms with Gasteiger partial charge in [0, 0.05) is 32.7 Å². The Bertz CT molecular complexity index is 318. The molecule has 0 fully saturated rings. The molecular weight excluding hydrogens is 234 g/mol. The maximum absolute atomic E-state index is 11.7. The SMILES string of the molecule is COCCNC(=O)CCNC(=O)C1C=CC(N)C1. The monoisotopic (exact) mass is 255 g/mol. The third kappa shape index (κ3) is 5.29. The maximum Gasteiger partial charge on any atom is 0.227 e. The minimum atomic E-state index is -0.156. The van der Waals surface area contributed by atoms with Crippen molar-refractivity contribution in [1.29, 1.82) is 0 Å². The highest BCUT2D eigenvalue weighted by atomic mass is 16.5. The molecule has 18 heavy (non-hydrogen) atoms. The van der Waals surface area contributed by atoms with E-state index < -0.39 is 0 Å². The molecule has 0 spiro atoms. The van der Waals surface area contributed by atoms with Crippen LogP contribution in [0.5, 0.6) is 0 Å². The first kappa shape index (κ1) is 14.7. The van der Waals surface area contributed by atoms with Crippen LogP contribution < -0.4 is 16.4 Å². The van der Waals surface area contributed by atoms with Crippen LogP contribution in [-0.4, -0.2) is 44.7 Å². The Morgan fingerprint density at radius 2 is 2.11 bits per heavy atom. The molecule has 1 aliphatic carbocycles. The Balaban J connectivity index is 2.08. The van der Waals surface area contributed by atoms with Gasteiger partial charge in [0.1, 0.15) is 0 Å². The lowest BCUT2D eigenvalue weighted by atomic mass is 10.1. The van der Waals surface area contributed by atoms with Crippen molar-refractivity contribution in [2.45, 2.75) is 18.9 Å². The highest BCUT2D eigenvalue weighted by Crippen LogP contribution is 2.15. The second-order valence-electron chi connectivity index (χ2n) is 4.27. The van der Waals surface area contributed by atoms with E-state index in [1.54, 1.807) is 7.11 Å². The van der Waals surface area contributed by atoms with E-state index in [0.717, 1.165) is 0 Å². The van der Waals surface area contributed by atoms with Crippen LogP contribution in [0.15, 0.2) is 12.2 Å². The predicted octanol–water partition coefficient (Wildman–Crippen LogP) is -0.841. The first-order chi connectivity index (χ1) is 8.63. The van der Waals surface area contributed by atoms with E-state index in [1.165, 1.54) is 0 Å². The molecule has 0 radical (unpaired) electrons. The van der Waals surface area contributed by atoms with Crippen molar-refractivity contribution in [2.24, 2.45) is 11.7 Å². The topological polar surface area (TPSA) is 93.5 Å². The molecule has 0 saturated carbocycles. The summed E-state index contributed by atoms with van der Waals surface area (Å²) in [6.45, 7) is 1.32. The third-order valence-corrected chi connectivity index (χ3v) is 2.73. The van der Waals surface area contributed by atoms with Crippen LogP contribution in [0.2, 0.25) is 0 Å². The quantitative estimate of drug-likeness (QED) is 0.408. The summed E-state index contributed by atoms with van der Waals surface area (Å²) in [5, 5.41) is 5.41. The second kappa shape index (κ2) is 7.84. The zero-order valence-corrected chi connectivity index (χ0v) is 10.6. The first-order valence-corrected chi connectivity index (χ1v) is 6.10. The van der Waals surface area contributed by atoms with Crippen LogP contribution in [0.3, 0.4) is 0 Å². The molecule has 0 heterocycles. The Morgan fingerprint density at radius 1 is 1.33 bits per heavy atom. The Hall–Kier alpha value is -1.40. The highest BCUT2D eigenvalue weighted by Gasteiger charge is 2.22. The summed E-state index contributed by atoms with van der Waals surface area (Å²) in [6.07, 6.45) is 4.57. The van der Waals surface area contributed by atoms with Gasteiger partial charge in [-0.15, -0.1) is 0 Å². The number of methoxy groups -OCH3 is 1. The average Bonchev–Trinajstić information content (AvgIpc) is 2.76. The van der Waals surface area contributed by atoms with E-state index in [9.17, 15) is 9.59 Å². The fourth-order valence-electron chi connectivity index (χ4n) is 1.73. The Morgan fingerprint density at radius 3 is 2.72 bits per heavy atom. The van der Waals surface area contributed by atoms with E-state index in [4.69, 9.17) is 10.5 Å². The molecule has 2 unspecified atom stereocenters. The molecule has 0 saturated heterocycles. The maximum atomic E-state index is 11.7. The molecule has 2 amide bonds. The molecule has 2 atom stereocenters. The lowest BCUT2D eigenvalue weighted by Crippen LogP contribution is -2.35. The molecule has 4 N–H and O–H groups in total. The summed E-state index contributed by atoms with van der Waals surface area (Å²) >= 11 is 0. The average molecular weight is 255 g/mol. The molecule has 1 aliphatic rings. The number of hydrogen-bond donors (Lipinski definition) is 3. The van der Waals surface area contributed by atoms with Crippen molar-refractivity contribution < 1.29 is 14.3 Å². The fourth-order valence-corrected chi connectivity index (χ4v) is 1.73. The summed E-state index contributed by atoms with van der Waals surface area (Å²) in [5.41, 5.74) is 5.67. The Kier molecular flexibility index (Phi) is 6.38. The van der Waals surface area contributed by atoms with Crippen LogP contribution in [0, 0.1) is 5.92 Å². The van der Waals surface area contributed by atoms with Gasteiger partial charge in [-0.25, -0.2) is 0 Å². The van der Waals surface area contributed by atoms with E-state index in [0.29, 0.717) is 26.1 Å². The van der Waals surface area contributed by atoms with E-state index in [-0.39, 0.29) is 30.2 Å². The lowest BCUT2D eigenvalue weighted by molar-refractivity contribution is -0.124. The van der Waals surface area contributed by atoms with Gasteiger partial charge in [-0.2, -0.15) is 0 Å². The molecule has 1 rings (SSSR count). The van der Waals surface area contributed by atoms with Gasteiger partial charge in [0.05, 0.1) is 12.5 Å². The van der Waals surface area contributed by atoms with Crippen molar-refractivity contribution in [3.63, 3.8) is 0 Å². The van der Waals surface area contributed by atoms with Crippen LogP contribution in [0.4, 0.5) is 0 Å². The first-order valence-electron chi connectivity index (χ1n) is 6.10. The van der Waals surface area contributed by atoms with Crippen molar-refractivity contribution in [2.75, 3.05) is 26.8 Å². The molecule has 102 valence electrons. The normalized spacial score (nSPS) is 21.9. The Labute approximate surface area is 107 Å². The van der Waals surface area contributed by atoms with E-state index >= 15 is 0 Å². The zero-order chi connectivity index (χ0) is 13.4. The van der Waals surface area contributed by atoms with Gasteiger partial charge in [0.25, 0.3) is 0 Å². The minimum absolute atomic E-state index is 0.0295. The van der Waals surface area contributed by atoms with Crippen molar-refractivity contribution >= 4 is 11.8 Å². The van der Waals surface area contributed by atoms with Crippen molar-refractivity contribution in [3.05, 3.63) is 12.2 Å². The fraction of sp³-hybridized carbons (Fsp3) is 0.667. The summed E-state index contributed by atoms with van der Waals surface area (Å²) < 4.78 is 4.81. The number of amides is 2. The van der Waals surface area contributed by atoms with Gasteiger partial charge in [-0.1, -0.05) is 12.2 Å². The summed E-state index contributed by atoms with van der Waals surface area (Å²) in [6, 6.07) is -0.0295. The lowest BCUT2D eigenvalue weighted by Gasteiger charge is -2.10. The predicted molar refractivity (Wildman–Crippen MR) is 67.7 cm³/mol. The van der Waals surface area contributed by atoms with E-state index in [1.807, 2.05) is 12.2 Å². The van der Waals surface area contributed by atoms with Gasteiger partial charge in [0.15, 0.2) is 0 Å². The number of hydrogen-bond acceptors (Lipinski definition) is 4. The molecule has 0 bridgehead atoms. The summed E-state index contributed by atoms with van der Waals surface area (Å²) in [4.78, 5) is 23.0. The zero-order valence-electron chi connectivity index (χ0n) is 10.6. The highest BCUT2D eigenvalue weighted by molar-refractivity contribution is 5.82. The van der Waals surface area contributed by atoms with Gasteiger partial charge in [0.2, 0.25) is 11.8 Å². The smallest absolute Gasteiger partial charge is 0.227 e. The molecule has 0 aromatic carbocycles. The largest absolute Gasteiger partial charge is 0.383 e. The number of nitrogens with one attached hydrogen (secondary N) is 2. The van der Waals surface area contributed by atoms with Gasteiger partial charge in [-0.05, 0) is 6.42 Å². The second-order valence-corrected chi connectivity index (χ2v) is 4.27. The number of carbonyl (C=O) groups excluding carboxylic acids is 2. The summed E-state index contributed by atoms with van der Waals surface area (Å²) in [5.74, 6) is -0.313. The van der Waals surface area contributed by atoms with E-state index in [2.05, 4.69) is 10.6 Å². The molecule has 0 aromatic heterocycles. The van der Waals surface area contributed by atoms with Crippen LogP contribution in [-0.2, 0) is 14.3 Å². The van der Waals surface area contributed by atoms with Crippen molar-refractivity contribution in [1.82, 2.24) is 10.6 Å². The minimum Gasteiger partial charge on any atom is -0.383 e. The van der Waals surface area contributed by atoms with Gasteiger partial charge >= 0.3 is 0 Å².